The third-order valence-corrected chi connectivity index (χ3v) is 4.48. The normalized spacial score (nSPS) is 12.5. The van der Waals surface area contributed by atoms with Gasteiger partial charge < -0.3 is 17.7 Å². The minimum atomic E-state index is 0.762. The summed E-state index contributed by atoms with van der Waals surface area (Å²) in [6.45, 7) is 0. The van der Waals surface area contributed by atoms with E-state index < -0.39 is 0 Å². The van der Waals surface area contributed by atoms with E-state index in [0.717, 1.165) is 54.3 Å². The van der Waals surface area contributed by atoms with E-state index in [9.17, 15) is 0 Å². The second-order valence-corrected chi connectivity index (χ2v) is 5.48. The van der Waals surface area contributed by atoms with Gasteiger partial charge in [0.25, 0.3) is 0 Å². The first-order valence-electron chi connectivity index (χ1n) is 6.97. The van der Waals surface area contributed by atoms with Gasteiger partial charge in [0.1, 0.15) is 0 Å². The minimum absolute atomic E-state index is 0.762. The van der Waals surface area contributed by atoms with Gasteiger partial charge >= 0.3 is 0 Å². The molecular weight excluding hydrogens is 280 g/mol. The lowest BCUT2D eigenvalue weighted by Gasteiger charge is -2.05. The highest BCUT2D eigenvalue weighted by Crippen LogP contribution is 2.44. The van der Waals surface area contributed by atoms with Crippen molar-refractivity contribution in [2.24, 2.45) is 0 Å². The second-order valence-electron chi connectivity index (χ2n) is 5.48. The molecule has 4 nitrogen and oxygen atoms in total. The Balaban J connectivity index is 2.19. The summed E-state index contributed by atoms with van der Waals surface area (Å²) < 4.78 is 22.3. The minimum Gasteiger partial charge on any atom is -0.471 e. The molecular formula is C18H8O4. The van der Waals surface area contributed by atoms with E-state index in [1.807, 2.05) is 12.1 Å². The van der Waals surface area contributed by atoms with Crippen LogP contribution < -0.4 is 0 Å². The SMILES string of the molecule is c1cc2c(o1)c1occc1c1c3cocc3c3cocc3c21. The van der Waals surface area contributed by atoms with Crippen molar-refractivity contribution in [2.75, 3.05) is 0 Å². The van der Waals surface area contributed by atoms with Crippen molar-refractivity contribution in [2.45, 2.75) is 0 Å². The predicted molar refractivity (Wildman–Crippen MR) is 83.0 cm³/mol. The zero-order valence-electron chi connectivity index (χ0n) is 11.3. The monoisotopic (exact) mass is 288 g/mol. The standard InChI is InChI=1S/C18H8O4/c1-3-21-17-9(1)15-13-7-19-5-11(13)12-6-20-8-14(12)16(15)10-2-4-22-18(10)17/h1-8H. The van der Waals surface area contributed by atoms with E-state index in [1.54, 1.807) is 37.6 Å². The first-order chi connectivity index (χ1) is 10.9. The van der Waals surface area contributed by atoms with Crippen molar-refractivity contribution in [3.05, 3.63) is 49.7 Å². The fraction of sp³-hybridized carbons (Fsp3) is 0. The van der Waals surface area contributed by atoms with E-state index in [0.29, 0.717) is 0 Å². The predicted octanol–water partition coefficient (Wildman–Crippen LogP) is 5.82. The molecule has 0 N–H and O–H groups in total. The highest BCUT2D eigenvalue weighted by Gasteiger charge is 2.20. The molecule has 4 heteroatoms. The lowest BCUT2D eigenvalue weighted by atomic mass is 9.95. The molecule has 0 aliphatic carbocycles. The average Bonchev–Trinajstić information content (AvgIpc) is 3.28. The van der Waals surface area contributed by atoms with Crippen LogP contribution in [0.5, 0.6) is 0 Å². The molecule has 0 saturated heterocycles. The number of fused-ring (bicyclic) bond motifs is 11. The molecule has 6 rings (SSSR count). The van der Waals surface area contributed by atoms with E-state index in [1.165, 1.54) is 0 Å². The Morgan fingerprint density at radius 1 is 0.500 bits per heavy atom. The zero-order valence-corrected chi connectivity index (χ0v) is 11.3. The summed E-state index contributed by atoms with van der Waals surface area (Å²) in [5.74, 6) is 0. The molecule has 0 amide bonds. The molecule has 22 heavy (non-hydrogen) atoms. The molecule has 0 aliphatic heterocycles. The fourth-order valence-corrected chi connectivity index (χ4v) is 3.59. The van der Waals surface area contributed by atoms with Crippen LogP contribution >= 0.6 is 0 Å². The summed E-state index contributed by atoms with van der Waals surface area (Å²) in [6, 6.07) is 3.94. The lowest BCUT2D eigenvalue weighted by Crippen LogP contribution is -1.80. The van der Waals surface area contributed by atoms with Gasteiger partial charge in [0, 0.05) is 43.1 Å². The molecule has 0 unspecified atom stereocenters. The number of hydrogen-bond acceptors (Lipinski definition) is 4. The maximum atomic E-state index is 5.67. The van der Waals surface area contributed by atoms with Gasteiger partial charge in [-0.1, -0.05) is 0 Å². The Hall–Kier alpha value is -3.14. The fourth-order valence-electron chi connectivity index (χ4n) is 3.59. The first kappa shape index (κ1) is 10.6. The van der Waals surface area contributed by atoms with Gasteiger partial charge in [0.15, 0.2) is 11.2 Å². The summed E-state index contributed by atoms with van der Waals surface area (Å²) in [4.78, 5) is 0. The first-order valence-corrected chi connectivity index (χ1v) is 6.97. The molecule has 0 bridgehead atoms. The van der Waals surface area contributed by atoms with E-state index in [2.05, 4.69) is 0 Å². The number of rotatable bonds is 0. The van der Waals surface area contributed by atoms with Crippen LogP contribution in [0.1, 0.15) is 0 Å². The van der Waals surface area contributed by atoms with Gasteiger partial charge in [-0.05, 0) is 12.1 Å². The van der Waals surface area contributed by atoms with Crippen LogP contribution in [-0.2, 0) is 0 Å². The number of benzene rings is 2. The Labute approximate surface area is 122 Å². The molecule has 104 valence electrons. The average molecular weight is 288 g/mol. The van der Waals surface area contributed by atoms with Gasteiger partial charge in [-0.3, -0.25) is 0 Å². The summed E-state index contributed by atoms with van der Waals surface area (Å²) in [5.41, 5.74) is 1.52. The largest absolute Gasteiger partial charge is 0.471 e. The van der Waals surface area contributed by atoms with E-state index in [4.69, 9.17) is 17.7 Å². The highest BCUT2D eigenvalue weighted by atomic mass is 16.4. The van der Waals surface area contributed by atoms with Gasteiger partial charge in [-0.2, -0.15) is 0 Å². The molecule has 0 saturated carbocycles. The van der Waals surface area contributed by atoms with Crippen molar-refractivity contribution >= 4 is 54.3 Å². The second kappa shape index (κ2) is 3.36. The van der Waals surface area contributed by atoms with Crippen LogP contribution in [0.15, 0.2) is 67.4 Å². The number of hydrogen-bond donors (Lipinski definition) is 0. The van der Waals surface area contributed by atoms with Crippen LogP contribution in [0.3, 0.4) is 0 Å². The molecule has 4 aromatic heterocycles. The Bertz CT molecular complexity index is 1120. The molecule has 4 heterocycles. The summed E-state index contributed by atoms with van der Waals surface area (Å²) in [7, 11) is 0. The highest BCUT2D eigenvalue weighted by molar-refractivity contribution is 6.37. The quantitative estimate of drug-likeness (QED) is 0.353. The molecule has 0 fully saturated rings. The van der Waals surface area contributed by atoms with Crippen molar-refractivity contribution < 1.29 is 17.7 Å². The smallest absolute Gasteiger partial charge is 0.177 e. The molecule has 2 aromatic carbocycles. The van der Waals surface area contributed by atoms with E-state index >= 15 is 0 Å². The van der Waals surface area contributed by atoms with Crippen molar-refractivity contribution in [3.8, 4) is 0 Å². The van der Waals surface area contributed by atoms with Gasteiger partial charge in [0.05, 0.1) is 37.6 Å². The Morgan fingerprint density at radius 2 is 0.955 bits per heavy atom. The van der Waals surface area contributed by atoms with Crippen molar-refractivity contribution in [1.29, 1.82) is 0 Å². The van der Waals surface area contributed by atoms with Gasteiger partial charge in [-0.15, -0.1) is 0 Å². The topological polar surface area (TPSA) is 52.6 Å². The third-order valence-electron chi connectivity index (χ3n) is 4.48. The summed E-state index contributed by atoms with van der Waals surface area (Å²) in [6.07, 6.45) is 10.5. The summed E-state index contributed by atoms with van der Waals surface area (Å²) in [5, 5.41) is 8.45. The molecule has 6 aromatic rings. The zero-order chi connectivity index (χ0) is 14.3. The lowest BCUT2D eigenvalue weighted by molar-refractivity contribution is 0.570. The third kappa shape index (κ3) is 1.01. The Kier molecular flexibility index (Phi) is 1.61. The van der Waals surface area contributed by atoms with Crippen LogP contribution in [0, 0.1) is 0 Å². The van der Waals surface area contributed by atoms with Crippen LogP contribution in [0.4, 0.5) is 0 Å². The molecule has 0 spiro atoms. The van der Waals surface area contributed by atoms with Crippen molar-refractivity contribution in [1.82, 2.24) is 0 Å². The maximum Gasteiger partial charge on any atom is 0.177 e. The molecule has 0 atom stereocenters. The molecule has 0 aliphatic rings. The van der Waals surface area contributed by atoms with Crippen LogP contribution in [-0.4, -0.2) is 0 Å². The van der Waals surface area contributed by atoms with Gasteiger partial charge in [-0.25, -0.2) is 0 Å². The van der Waals surface area contributed by atoms with Crippen molar-refractivity contribution in [3.63, 3.8) is 0 Å². The summed E-state index contributed by atoms with van der Waals surface area (Å²) >= 11 is 0. The maximum absolute atomic E-state index is 5.67. The van der Waals surface area contributed by atoms with Gasteiger partial charge in [0.2, 0.25) is 0 Å². The van der Waals surface area contributed by atoms with Crippen LogP contribution in [0.2, 0.25) is 0 Å². The number of furan rings is 4. The molecule has 0 radical (unpaired) electrons. The Morgan fingerprint density at radius 3 is 1.45 bits per heavy atom. The van der Waals surface area contributed by atoms with E-state index in [-0.39, 0.29) is 0 Å². The van der Waals surface area contributed by atoms with Crippen LogP contribution in [0.25, 0.3) is 54.3 Å².